The number of alkyl halides is 3. The Kier molecular flexibility index (Phi) is 4.62. The molecule has 1 N–H and O–H groups in total. The molecule has 28 heavy (non-hydrogen) atoms. The Bertz CT molecular complexity index is 1050. The Morgan fingerprint density at radius 1 is 1.25 bits per heavy atom. The lowest BCUT2D eigenvalue weighted by Crippen LogP contribution is -2.23. The van der Waals surface area contributed by atoms with Crippen LogP contribution in [0.2, 0.25) is 5.15 Å². The van der Waals surface area contributed by atoms with Gasteiger partial charge in [-0.05, 0) is 19.1 Å². The van der Waals surface area contributed by atoms with Gasteiger partial charge in [-0.1, -0.05) is 23.7 Å². The van der Waals surface area contributed by atoms with E-state index in [1.807, 2.05) is 0 Å². The fourth-order valence-corrected chi connectivity index (χ4v) is 3.04. The molecule has 0 saturated carbocycles. The Morgan fingerprint density at radius 2 is 2.07 bits per heavy atom. The summed E-state index contributed by atoms with van der Waals surface area (Å²) in [7, 11) is 0. The number of hydrogen-bond donors (Lipinski definition) is 1. The average Bonchev–Trinajstić information content (AvgIpc) is 2.65. The predicted octanol–water partition coefficient (Wildman–Crippen LogP) is 4.47. The number of benzene rings is 1. The fourth-order valence-electron chi connectivity index (χ4n) is 2.88. The van der Waals surface area contributed by atoms with E-state index in [9.17, 15) is 13.2 Å². The Labute approximate surface area is 162 Å². The van der Waals surface area contributed by atoms with Gasteiger partial charge in [-0.3, -0.25) is 0 Å². The smallest absolute Gasteiger partial charge is 0.419 e. The van der Waals surface area contributed by atoms with Crippen LogP contribution in [0.3, 0.4) is 0 Å². The molecule has 0 spiro atoms. The van der Waals surface area contributed by atoms with Gasteiger partial charge >= 0.3 is 12.2 Å². The first-order valence-corrected chi connectivity index (χ1v) is 8.75. The number of aromatic nitrogens is 3. The van der Waals surface area contributed by atoms with Crippen LogP contribution in [0.25, 0.3) is 10.9 Å². The summed E-state index contributed by atoms with van der Waals surface area (Å²) in [4.78, 5) is 12.6. The molecule has 2 aromatic heterocycles. The average molecular weight is 411 g/mol. The zero-order chi connectivity index (χ0) is 19.9. The van der Waals surface area contributed by atoms with E-state index in [2.05, 4.69) is 20.3 Å². The van der Waals surface area contributed by atoms with Gasteiger partial charge in [0.05, 0.1) is 17.3 Å². The molecule has 10 heteroatoms. The third-order valence-corrected chi connectivity index (χ3v) is 4.35. The van der Waals surface area contributed by atoms with Crippen molar-refractivity contribution in [3.63, 3.8) is 0 Å². The molecule has 0 fully saturated rings. The van der Waals surface area contributed by atoms with Gasteiger partial charge in [0, 0.05) is 17.5 Å². The van der Waals surface area contributed by atoms with Gasteiger partial charge in [0.25, 0.3) is 0 Å². The van der Waals surface area contributed by atoms with Crippen molar-refractivity contribution < 1.29 is 22.6 Å². The van der Waals surface area contributed by atoms with Gasteiger partial charge in [-0.25, -0.2) is 4.98 Å². The zero-order valence-electron chi connectivity index (χ0n) is 14.5. The van der Waals surface area contributed by atoms with Crippen molar-refractivity contribution in [3.05, 3.63) is 46.7 Å². The van der Waals surface area contributed by atoms with E-state index in [-0.39, 0.29) is 30.1 Å². The summed E-state index contributed by atoms with van der Waals surface area (Å²) < 4.78 is 51.4. The second kappa shape index (κ2) is 6.97. The molecule has 0 saturated heterocycles. The van der Waals surface area contributed by atoms with Crippen molar-refractivity contribution in [2.45, 2.75) is 25.7 Å². The van der Waals surface area contributed by atoms with Crippen LogP contribution in [-0.4, -0.2) is 27.7 Å². The lowest BCUT2D eigenvalue weighted by Gasteiger charge is -2.19. The van der Waals surface area contributed by atoms with E-state index in [1.165, 1.54) is 12.3 Å². The summed E-state index contributed by atoms with van der Waals surface area (Å²) in [6.07, 6.45) is -3.65. The lowest BCUT2D eigenvalue weighted by molar-refractivity contribution is -0.139. The maximum absolute atomic E-state index is 13.4. The molecule has 1 aliphatic rings. The second-order valence-corrected chi connectivity index (χ2v) is 6.65. The standard InChI is InChI=1S/C18H14ClF3N4O2/c1-9-8-27-15-10(3-2-4-12(15)18(20,21)22)6-24-16-11-5-14(19)23-7-13(11)25-17(26-16)28-9/h2-5,7,9H,6,8H2,1H3,(H,24,25,26). The highest BCUT2D eigenvalue weighted by Gasteiger charge is 2.35. The third kappa shape index (κ3) is 3.62. The van der Waals surface area contributed by atoms with Crippen LogP contribution in [-0.2, 0) is 12.7 Å². The van der Waals surface area contributed by atoms with Crippen molar-refractivity contribution >= 4 is 28.3 Å². The quantitative estimate of drug-likeness (QED) is 0.551. The molecule has 3 heterocycles. The minimum Gasteiger partial charge on any atom is -0.489 e. The molecule has 0 aliphatic carbocycles. The number of anilines is 1. The number of rotatable bonds is 0. The van der Waals surface area contributed by atoms with Crippen LogP contribution in [0.5, 0.6) is 11.8 Å². The fraction of sp³-hybridized carbons (Fsp3) is 0.278. The van der Waals surface area contributed by atoms with Crippen LogP contribution >= 0.6 is 11.6 Å². The molecule has 1 aliphatic heterocycles. The highest BCUT2D eigenvalue weighted by molar-refractivity contribution is 6.30. The van der Waals surface area contributed by atoms with Gasteiger partial charge in [0.2, 0.25) is 0 Å². The molecule has 2 bridgehead atoms. The summed E-state index contributed by atoms with van der Waals surface area (Å²) in [5, 5.41) is 3.86. The minimum absolute atomic E-state index is 0.0547. The number of nitrogens with one attached hydrogen (secondary N) is 1. The summed E-state index contributed by atoms with van der Waals surface area (Å²) in [5.41, 5.74) is -0.000867. The summed E-state index contributed by atoms with van der Waals surface area (Å²) in [5.74, 6) is 0.145. The summed E-state index contributed by atoms with van der Waals surface area (Å²) in [6.45, 7) is 1.61. The lowest BCUT2D eigenvalue weighted by atomic mass is 10.1. The van der Waals surface area contributed by atoms with E-state index in [0.29, 0.717) is 22.3 Å². The highest BCUT2D eigenvalue weighted by atomic mass is 35.5. The van der Waals surface area contributed by atoms with Crippen molar-refractivity contribution in [1.82, 2.24) is 15.0 Å². The Hall–Kier alpha value is -2.81. The van der Waals surface area contributed by atoms with Gasteiger partial charge in [-0.2, -0.15) is 23.1 Å². The number of nitrogens with zero attached hydrogens (tertiary/aromatic N) is 3. The molecule has 0 radical (unpaired) electrons. The van der Waals surface area contributed by atoms with E-state index in [1.54, 1.807) is 19.1 Å². The van der Waals surface area contributed by atoms with Crippen molar-refractivity contribution in [2.24, 2.45) is 0 Å². The summed E-state index contributed by atoms with van der Waals surface area (Å²) in [6, 6.07) is 5.55. The topological polar surface area (TPSA) is 69.2 Å². The number of ether oxygens (including phenoxy) is 2. The Balaban J connectivity index is 1.83. The van der Waals surface area contributed by atoms with Crippen molar-refractivity contribution in [1.29, 1.82) is 0 Å². The predicted molar refractivity (Wildman–Crippen MR) is 96.7 cm³/mol. The molecular weight excluding hydrogens is 397 g/mol. The summed E-state index contributed by atoms with van der Waals surface area (Å²) >= 11 is 5.97. The number of hydrogen-bond acceptors (Lipinski definition) is 6. The van der Waals surface area contributed by atoms with Crippen LogP contribution < -0.4 is 14.8 Å². The highest BCUT2D eigenvalue weighted by Crippen LogP contribution is 2.39. The van der Waals surface area contributed by atoms with Gasteiger partial charge in [0.15, 0.2) is 0 Å². The van der Waals surface area contributed by atoms with Crippen LogP contribution in [0.4, 0.5) is 19.0 Å². The molecule has 0 amide bonds. The first kappa shape index (κ1) is 18.5. The molecule has 1 unspecified atom stereocenters. The maximum atomic E-state index is 13.4. The van der Waals surface area contributed by atoms with Crippen molar-refractivity contribution in [2.75, 3.05) is 11.9 Å². The largest absolute Gasteiger partial charge is 0.489 e. The van der Waals surface area contributed by atoms with E-state index < -0.39 is 17.8 Å². The van der Waals surface area contributed by atoms with Crippen LogP contribution in [0, 0.1) is 0 Å². The van der Waals surface area contributed by atoms with Gasteiger partial charge in [-0.15, -0.1) is 0 Å². The first-order chi connectivity index (χ1) is 13.3. The molecule has 4 rings (SSSR count). The van der Waals surface area contributed by atoms with Gasteiger partial charge in [0.1, 0.15) is 29.4 Å². The maximum Gasteiger partial charge on any atom is 0.419 e. The minimum atomic E-state index is -4.54. The Morgan fingerprint density at radius 3 is 2.86 bits per heavy atom. The van der Waals surface area contributed by atoms with Crippen molar-refractivity contribution in [3.8, 4) is 11.8 Å². The number of para-hydroxylation sites is 1. The van der Waals surface area contributed by atoms with E-state index in [0.717, 1.165) is 6.07 Å². The van der Waals surface area contributed by atoms with Gasteiger partial charge < -0.3 is 14.8 Å². The molecular formula is C18H14ClF3N4O2. The van der Waals surface area contributed by atoms with E-state index >= 15 is 0 Å². The number of fused-ring (bicyclic) bond motifs is 5. The third-order valence-electron chi connectivity index (χ3n) is 4.15. The molecule has 146 valence electrons. The monoisotopic (exact) mass is 410 g/mol. The normalized spacial score (nSPS) is 17.0. The first-order valence-electron chi connectivity index (χ1n) is 8.37. The zero-order valence-corrected chi connectivity index (χ0v) is 15.3. The second-order valence-electron chi connectivity index (χ2n) is 6.26. The number of pyridine rings is 1. The molecule has 3 aromatic rings. The molecule has 1 aromatic carbocycles. The SMILES string of the molecule is CC1COc2c(cccc2C(F)(F)F)CNc2nc(nc3cnc(Cl)cc23)O1. The van der Waals surface area contributed by atoms with Crippen LogP contribution in [0.15, 0.2) is 30.5 Å². The number of halogens is 4. The van der Waals surface area contributed by atoms with E-state index in [4.69, 9.17) is 21.1 Å². The molecule has 1 atom stereocenters. The van der Waals surface area contributed by atoms with Crippen LogP contribution in [0.1, 0.15) is 18.1 Å². The molecule has 6 nitrogen and oxygen atoms in total.